The molecule has 0 spiro atoms. The molecule has 0 aliphatic carbocycles. The minimum Gasteiger partial charge on any atom is -0.362 e. The maximum absolute atomic E-state index is 12.6. The summed E-state index contributed by atoms with van der Waals surface area (Å²) in [6.45, 7) is 1.77. The summed E-state index contributed by atoms with van der Waals surface area (Å²) in [5, 5.41) is 11.7. The molecule has 0 atom stereocenters. The van der Waals surface area contributed by atoms with Crippen molar-refractivity contribution in [3.8, 4) is 0 Å². The molecule has 1 saturated heterocycles. The number of hydrogen-bond acceptors (Lipinski definition) is 5. The van der Waals surface area contributed by atoms with E-state index in [1.807, 2.05) is 4.90 Å². The fourth-order valence-electron chi connectivity index (χ4n) is 2.98. The first kappa shape index (κ1) is 17.9. The van der Waals surface area contributed by atoms with E-state index < -0.39 is 4.92 Å². The molecule has 8 heteroatoms. The van der Waals surface area contributed by atoms with Crippen molar-refractivity contribution < 1.29 is 14.5 Å². The number of piperazine rings is 1. The summed E-state index contributed by atoms with van der Waals surface area (Å²) < 4.78 is 0. The second-order valence-corrected chi connectivity index (χ2v) is 6.29. The third-order valence-electron chi connectivity index (χ3n) is 4.34. The summed E-state index contributed by atoms with van der Waals surface area (Å²) >= 11 is 6.09. The number of nitrogens with zero attached hydrogens (tertiary/aromatic N) is 3. The molecule has 0 bridgehead atoms. The molecule has 0 saturated carbocycles. The van der Waals surface area contributed by atoms with Crippen molar-refractivity contribution >= 4 is 35.2 Å². The normalized spacial score (nSPS) is 14.2. The maximum atomic E-state index is 12.6. The molecule has 2 aromatic carbocycles. The van der Waals surface area contributed by atoms with E-state index >= 15 is 0 Å². The van der Waals surface area contributed by atoms with Gasteiger partial charge in [-0.2, -0.15) is 0 Å². The van der Waals surface area contributed by atoms with E-state index in [1.54, 1.807) is 41.3 Å². The Morgan fingerprint density at radius 3 is 2.42 bits per heavy atom. The van der Waals surface area contributed by atoms with Crippen molar-refractivity contribution in [2.45, 2.75) is 0 Å². The Hall–Kier alpha value is -2.93. The molecule has 1 amide bonds. The van der Waals surface area contributed by atoms with Gasteiger partial charge in [-0.1, -0.05) is 23.7 Å². The minimum atomic E-state index is -0.496. The summed E-state index contributed by atoms with van der Waals surface area (Å²) in [4.78, 5) is 37.8. The number of nitro groups is 1. The largest absolute Gasteiger partial charge is 0.362 e. The Morgan fingerprint density at radius 2 is 1.81 bits per heavy atom. The van der Waals surface area contributed by atoms with E-state index in [4.69, 9.17) is 11.6 Å². The van der Waals surface area contributed by atoms with E-state index in [9.17, 15) is 19.7 Å². The molecule has 26 heavy (non-hydrogen) atoms. The second kappa shape index (κ2) is 7.53. The van der Waals surface area contributed by atoms with E-state index in [0.29, 0.717) is 48.7 Å². The van der Waals surface area contributed by atoms with Crippen LogP contribution in [0, 0.1) is 10.1 Å². The number of halogens is 1. The van der Waals surface area contributed by atoms with Crippen molar-refractivity contribution in [1.82, 2.24) is 4.90 Å². The first-order valence-electron chi connectivity index (χ1n) is 8.03. The van der Waals surface area contributed by atoms with Gasteiger partial charge >= 0.3 is 0 Å². The Bertz CT molecular complexity index is 863. The molecule has 7 nitrogen and oxygen atoms in total. The number of anilines is 1. The molecular weight excluding hydrogens is 358 g/mol. The van der Waals surface area contributed by atoms with Crippen LogP contribution >= 0.6 is 11.6 Å². The number of carbonyl (C=O) groups is 2. The summed E-state index contributed by atoms with van der Waals surface area (Å²) in [7, 11) is 0. The van der Waals surface area contributed by atoms with E-state index in [-0.39, 0.29) is 17.2 Å². The van der Waals surface area contributed by atoms with Gasteiger partial charge in [-0.15, -0.1) is 0 Å². The molecule has 1 heterocycles. The molecule has 0 unspecified atom stereocenters. The van der Waals surface area contributed by atoms with Gasteiger partial charge in [-0.05, 0) is 24.3 Å². The first-order valence-corrected chi connectivity index (χ1v) is 8.41. The quantitative estimate of drug-likeness (QED) is 0.467. The number of hydrogen-bond donors (Lipinski definition) is 0. The average Bonchev–Trinajstić information content (AvgIpc) is 2.67. The molecule has 3 rings (SSSR count). The van der Waals surface area contributed by atoms with Crippen LogP contribution in [0.1, 0.15) is 20.7 Å². The van der Waals surface area contributed by atoms with Crippen LogP contribution in [0.25, 0.3) is 0 Å². The van der Waals surface area contributed by atoms with Crippen LogP contribution in [0.4, 0.5) is 11.4 Å². The number of nitro benzene ring substituents is 1. The number of amides is 1. The van der Waals surface area contributed by atoms with Gasteiger partial charge in [0.1, 0.15) is 12.0 Å². The molecule has 0 radical (unpaired) electrons. The highest BCUT2D eigenvalue weighted by Crippen LogP contribution is 2.30. The van der Waals surface area contributed by atoms with Crippen LogP contribution < -0.4 is 4.90 Å². The van der Waals surface area contributed by atoms with Crippen molar-refractivity contribution in [1.29, 1.82) is 0 Å². The van der Waals surface area contributed by atoms with E-state index in [0.717, 1.165) is 0 Å². The summed E-state index contributed by atoms with van der Waals surface area (Å²) in [6.07, 6.45) is 0.580. The lowest BCUT2D eigenvalue weighted by Gasteiger charge is -2.36. The van der Waals surface area contributed by atoms with Gasteiger partial charge in [0.05, 0.1) is 15.5 Å². The topological polar surface area (TPSA) is 83.8 Å². The van der Waals surface area contributed by atoms with Crippen molar-refractivity contribution in [3.63, 3.8) is 0 Å². The molecule has 1 aliphatic heterocycles. The number of benzene rings is 2. The fourth-order valence-corrected chi connectivity index (χ4v) is 3.20. The van der Waals surface area contributed by atoms with Gasteiger partial charge in [0.25, 0.3) is 11.6 Å². The zero-order valence-corrected chi connectivity index (χ0v) is 14.6. The van der Waals surface area contributed by atoms with Crippen molar-refractivity contribution in [2.75, 3.05) is 31.1 Å². The van der Waals surface area contributed by atoms with Gasteiger partial charge in [0.2, 0.25) is 0 Å². The molecule has 1 aliphatic rings. The highest BCUT2D eigenvalue weighted by molar-refractivity contribution is 6.33. The second-order valence-electron chi connectivity index (χ2n) is 5.88. The molecule has 2 aromatic rings. The lowest BCUT2D eigenvalue weighted by atomic mass is 10.1. The highest BCUT2D eigenvalue weighted by Gasteiger charge is 2.27. The third kappa shape index (κ3) is 3.52. The molecule has 1 fully saturated rings. The minimum absolute atomic E-state index is 0.111. The standard InChI is InChI=1S/C18H16ClN3O4/c19-15-4-2-1-3-14(15)18(24)21-9-7-20(8-10-21)16-6-5-13(12-23)11-17(16)22(25)26/h1-6,11-12H,7-10H2. The molecular formula is C18H16ClN3O4. The number of rotatable bonds is 4. The molecule has 134 valence electrons. The Balaban J connectivity index is 1.75. The molecule has 0 N–H and O–H groups in total. The van der Waals surface area contributed by atoms with Gasteiger partial charge in [-0.25, -0.2) is 0 Å². The van der Waals surface area contributed by atoms with Crippen LogP contribution in [0.5, 0.6) is 0 Å². The van der Waals surface area contributed by atoms with E-state index in [1.165, 1.54) is 6.07 Å². The Kier molecular flexibility index (Phi) is 5.18. The summed E-state index contributed by atoms with van der Waals surface area (Å²) in [6, 6.07) is 11.3. The van der Waals surface area contributed by atoms with Gasteiger partial charge in [-0.3, -0.25) is 19.7 Å². The van der Waals surface area contributed by atoms with Crippen LogP contribution in [-0.4, -0.2) is 48.2 Å². The smallest absolute Gasteiger partial charge is 0.293 e. The summed E-state index contributed by atoms with van der Waals surface area (Å²) in [5.41, 5.74) is 1.04. The van der Waals surface area contributed by atoms with Gasteiger partial charge in [0, 0.05) is 37.8 Å². The summed E-state index contributed by atoms with van der Waals surface area (Å²) in [5.74, 6) is -0.152. The van der Waals surface area contributed by atoms with Crippen molar-refractivity contribution in [2.24, 2.45) is 0 Å². The molecule has 0 aromatic heterocycles. The SMILES string of the molecule is O=Cc1ccc(N2CCN(C(=O)c3ccccc3Cl)CC2)c([N+](=O)[O-])c1. The third-order valence-corrected chi connectivity index (χ3v) is 4.67. The Morgan fingerprint density at radius 1 is 1.12 bits per heavy atom. The first-order chi connectivity index (χ1) is 12.5. The van der Waals surface area contributed by atoms with Crippen LogP contribution in [-0.2, 0) is 0 Å². The Labute approximate surface area is 154 Å². The number of carbonyl (C=O) groups excluding carboxylic acids is 2. The lowest BCUT2D eigenvalue weighted by molar-refractivity contribution is -0.384. The van der Waals surface area contributed by atoms with Crippen molar-refractivity contribution in [3.05, 3.63) is 68.7 Å². The monoisotopic (exact) mass is 373 g/mol. The average molecular weight is 374 g/mol. The van der Waals surface area contributed by atoms with Crippen LogP contribution in [0.3, 0.4) is 0 Å². The predicted molar refractivity (Wildman–Crippen MR) is 98.1 cm³/mol. The van der Waals surface area contributed by atoms with Gasteiger partial charge in [0.15, 0.2) is 0 Å². The predicted octanol–water partition coefficient (Wildman–Crippen LogP) is 3.02. The van der Waals surface area contributed by atoms with E-state index in [2.05, 4.69) is 0 Å². The number of aldehydes is 1. The fraction of sp³-hybridized carbons (Fsp3) is 0.222. The van der Waals surface area contributed by atoms with Crippen LogP contribution in [0.15, 0.2) is 42.5 Å². The van der Waals surface area contributed by atoms with Crippen LogP contribution in [0.2, 0.25) is 5.02 Å². The zero-order valence-electron chi connectivity index (χ0n) is 13.8. The maximum Gasteiger partial charge on any atom is 0.293 e. The van der Waals surface area contributed by atoms with Gasteiger partial charge < -0.3 is 9.80 Å². The highest BCUT2D eigenvalue weighted by atomic mass is 35.5. The lowest BCUT2D eigenvalue weighted by Crippen LogP contribution is -2.49. The zero-order chi connectivity index (χ0) is 18.7.